The predicted molar refractivity (Wildman–Crippen MR) is 143 cm³/mol. The Hall–Kier alpha value is -3.13. The van der Waals surface area contributed by atoms with Crippen molar-refractivity contribution >= 4 is 50.8 Å². The van der Waals surface area contributed by atoms with Gasteiger partial charge in [-0.05, 0) is 43.4 Å². The van der Waals surface area contributed by atoms with Gasteiger partial charge < -0.3 is 4.90 Å². The molecule has 182 valence electrons. The van der Waals surface area contributed by atoms with Gasteiger partial charge in [0.15, 0.2) is 10.9 Å². The number of aromatic nitrogens is 1. The normalized spacial score (nSPS) is 10.9. The molecule has 35 heavy (non-hydrogen) atoms. The summed E-state index contributed by atoms with van der Waals surface area (Å²) in [7, 11) is 0. The van der Waals surface area contributed by atoms with Crippen molar-refractivity contribution in [3.05, 3.63) is 95.3 Å². The van der Waals surface area contributed by atoms with Gasteiger partial charge in [0.2, 0.25) is 0 Å². The second kappa shape index (κ2) is 12.0. The number of halogens is 2. The monoisotopic (exact) mass is 511 g/mol. The largest absolute Gasteiger partial charge is 0.302 e. The van der Waals surface area contributed by atoms with E-state index in [1.54, 1.807) is 47.4 Å². The Bertz CT molecular complexity index is 1290. The number of amides is 1. The van der Waals surface area contributed by atoms with Crippen molar-refractivity contribution in [3.8, 4) is 0 Å². The lowest BCUT2D eigenvalue weighted by molar-refractivity contribution is 0.0981. The molecule has 0 radical (unpaired) electrons. The smallest absolute Gasteiger partial charge is 0.260 e. The van der Waals surface area contributed by atoms with E-state index < -0.39 is 0 Å². The van der Waals surface area contributed by atoms with Crippen LogP contribution in [0.15, 0.2) is 72.8 Å². The average molecular weight is 512 g/mol. The average Bonchev–Trinajstić information content (AvgIpc) is 3.29. The highest BCUT2D eigenvalue weighted by Gasteiger charge is 2.22. The number of benzene rings is 3. The molecule has 1 aromatic heterocycles. The minimum absolute atomic E-state index is 0. The van der Waals surface area contributed by atoms with Gasteiger partial charge in [-0.1, -0.05) is 67.6 Å². The lowest BCUT2D eigenvalue weighted by Crippen LogP contribution is -2.38. The Morgan fingerprint density at radius 1 is 0.857 bits per heavy atom. The van der Waals surface area contributed by atoms with E-state index in [9.17, 15) is 14.0 Å². The lowest BCUT2D eigenvalue weighted by atomic mass is 10.0. The number of carbonyl (C=O) groups is 2. The summed E-state index contributed by atoms with van der Waals surface area (Å²) < 4.78 is 14.4. The first-order valence-corrected chi connectivity index (χ1v) is 12.1. The molecule has 4 rings (SSSR count). The number of fused-ring (bicyclic) bond motifs is 1. The Morgan fingerprint density at radius 2 is 1.49 bits per heavy atom. The SMILES string of the molecule is CCN(CC)CCN(C(=O)c1ccc(C(=O)c2ccccc2)cc1)c1nc2ccc(F)cc2s1.Cl. The van der Waals surface area contributed by atoms with E-state index in [-0.39, 0.29) is 29.9 Å². The fourth-order valence-corrected chi connectivity index (χ4v) is 4.76. The Balaban J connectivity index is 0.00000342. The summed E-state index contributed by atoms with van der Waals surface area (Å²) in [4.78, 5) is 34.7. The second-order valence-corrected chi connectivity index (χ2v) is 8.87. The minimum atomic E-state index is -0.331. The summed E-state index contributed by atoms with van der Waals surface area (Å²) in [5, 5.41) is 0.530. The minimum Gasteiger partial charge on any atom is -0.302 e. The van der Waals surface area contributed by atoms with Gasteiger partial charge in [0.25, 0.3) is 5.91 Å². The maximum atomic E-state index is 13.7. The maximum Gasteiger partial charge on any atom is 0.260 e. The molecule has 0 spiro atoms. The van der Waals surface area contributed by atoms with Crippen LogP contribution in [0, 0.1) is 5.82 Å². The molecule has 0 N–H and O–H groups in total. The van der Waals surface area contributed by atoms with Crippen molar-refractivity contribution in [2.24, 2.45) is 0 Å². The van der Waals surface area contributed by atoms with E-state index in [0.29, 0.717) is 45.1 Å². The van der Waals surface area contributed by atoms with Crippen LogP contribution >= 0.6 is 23.7 Å². The highest BCUT2D eigenvalue weighted by atomic mass is 35.5. The van der Waals surface area contributed by atoms with E-state index in [0.717, 1.165) is 13.1 Å². The Kier molecular flexibility index (Phi) is 9.09. The van der Waals surface area contributed by atoms with Gasteiger partial charge in [-0.3, -0.25) is 14.5 Å². The van der Waals surface area contributed by atoms with Crippen molar-refractivity contribution in [2.75, 3.05) is 31.1 Å². The first-order valence-electron chi connectivity index (χ1n) is 11.3. The quantitative estimate of drug-likeness (QED) is 0.256. The van der Waals surface area contributed by atoms with Gasteiger partial charge in [0, 0.05) is 29.8 Å². The molecule has 0 atom stereocenters. The van der Waals surface area contributed by atoms with Gasteiger partial charge in [-0.2, -0.15) is 0 Å². The third kappa shape index (κ3) is 6.11. The summed E-state index contributed by atoms with van der Waals surface area (Å²) >= 11 is 1.30. The highest BCUT2D eigenvalue weighted by molar-refractivity contribution is 7.22. The van der Waals surface area contributed by atoms with Gasteiger partial charge in [0.05, 0.1) is 10.2 Å². The van der Waals surface area contributed by atoms with Crippen LogP contribution in [0.4, 0.5) is 9.52 Å². The third-order valence-electron chi connectivity index (χ3n) is 5.78. The topological polar surface area (TPSA) is 53.5 Å². The van der Waals surface area contributed by atoms with Gasteiger partial charge in [-0.25, -0.2) is 9.37 Å². The van der Waals surface area contributed by atoms with Crippen molar-refractivity contribution in [1.82, 2.24) is 9.88 Å². The number of rotatable bonds is 9. The Labute approximate surface area is 214 Å². The molecule has 1 heterocycles. The van der Waals surface area contributed by atoms with Crippen LogP contribution in [0.5, 0.6) is 0 Å². The summed E-state index contributed by atoms with van der Waals surface area (Å²) in [6.07, 6.45) is 0. The molecule has 5 nitrogen and oxygen atoms in total. The van der Waals surface area contributed by atoms with E-state index in [4.69, 9.17) is 0 Å². The summed E-state index contributed by atoms with van der Waals surface area (Å²) in [6.45, 7) is 7.05. The molecule has 3 aromatic carbocycles. The zero-order valence-electron chi connectivity index (χ0n) is 19.6. The summed E-state index contributed by atoms with van der Waals surface area (Å²) in [6, 6.07) is 20.2. The van der Waals surface area contributed by atoms with E-state index >= 15 is 0 Å². The fraction of sp³-hybridized carbons (Fsp3) is 0.222. The number of ketones is 1. The number of anilines is 1. The molecular formula is C27H27ClFN3O2S. The van der Waals surface area contributed by atoms with Crippen LogP contribution in [0.3, 0.4) is 0 Å². The molecule has 8 heteroatoms. The summed E-state index contributed by atoms with van der Waals surface area (Å²) in [5.41, 5.74) is 2.25. The molecule has 4 aromatic rings. The lowest BCUT2D eigenvalue weighted by Gasteiger charge is -2.24. The molecular weight excluding hydrogens is 485 g/mol. The molecule has 0 bridgehead atoms. The van der Waals surface area contributed by atoms with Crippen molar-refractivity contribution in [1.29, 1.82) is 0 Å². The molecule has 0 unspecified atom stereocenters. The van der Waals surface area contributed by atoms with Crippen LogP contribution < -0.4 is 4.90 Å². The van der Waals surface area contributed by atoms with Gasteiger partial charge >= 0.3 is 0 Å². The molecule has 0 saturated carbocycles. The van der Waals surface area contributed by atoms with Crippen LogP contribution in [0.1, 0.15) is 40.1 Å². The highest BCUT2D eigenvalue weighted by Crippen LogP contribution is 2.30. The number of nitrogens with zero attached hydrogens (tertiary/aromatic N) is 3. The molecule has 0 aliphatic heterocycles. The fourth-order valence-electron chi connectivity index (χ4n) is 3.74. The third-order valence-corrected chi connectivity index (χ3v) is 6.82. The zero-order chi connectivity index (χ0) is 24.1. The van der Waals surface area contributed by atoms with Crippen molar-refractivity contribution < 1.29 is 14.0 Å². The predicted octanol–water partition coefficient (Wildman–Crippen LogP) is 6.08. The van der Waals surface area contributed by atoms with E-state index in [1.165, 1.54) is 23.5 Å². The van der Waals surface area contributed by atoms with Crippen LogP contribution in [0.25, 0.3) is 10.2 Å². The van der Waals surface area contributed by atoms with Crippen LogP contribution in [-0.2, 0) is 0 Å². The number of hydrogen-bond donors (Lipinski definition) is 0. The van der Waals surface area contributed by atoms with Gasteiger partial charge in [-0.15, -0.1) is 12.4 Å². The number of likely N-dealkylation sites (N-methyl/N-ethyl adjacent to an activating group) is 1. The molecule has 0 fully saturated rings. The first-order chi connectivity index (χ1) is 16.5. The molecule has 0 aliphatic rings. The molecule has 0 saturated heterocycles. The zero-order valence-corrected chi connectivity index (χ0v) is 21.2. The molecule has 1 amide bonds. The van der Waals surface area contributed by atoms with Crippen molar-refractivity contribution in [2.45, 2.75) is 13.8 Å². The number of carbonyl (C=O) groups excluding carboxylic acids is 2. The van der Waals surface area contributed by atoms with E-state index in [1.807, 2.05) is 18.2 Å². The van der Waals surface area contributed by atoms with Gasteiger partial charge in [0.1, 0.15) is 5.82 Å². The second-order valence-electron chi connectivity index (χ2n) is 7.86. The van der Waals surface area contributed by atoms with Crippen LogP contribution in [-0.4, -0.2) is 47.8 Å². The number of hydrogen-bond acceptors (Lipinski definition) is 5. The van der Waals surface area contributed by atoms with Crippen molar-refractivity contribution in [3.63, 3.8) is 0 Å². The summed E-state index contributed by atoms with van der Waals surface area (Å²) in [5.74, 6) is -0.626. The standard InChI is InChI=1S/C27H26FN3O2S.ClH/c1-3-30(4-2)16-17-31(27-29-23-15-14-22(28)18-24(23)34-27)26(33)21-12-10-20(11-13-21)25(32)19-8-6-5-7-9-19;/h5-15,18H,3-4,16-17H2,1-2H3;1H. The van der Waals surface area contributed by atoms with Crippen LogP contribution in [0.2, 0.25) is 0 Å². The number of thiazole rings is 1. The molecule has 0 aliphatic carbocycles. The van der Waals surface area contributed by atoms with E-state index in [2.05, 4.69) is 23.7 Å². The maximum absolute atomic E-state index is 13.7. The first kappa shape index (κ1) is 26.5. The Morgan fingerprint density at radius 3 is 2.14 bits per heavy atom.